The lowest BCUT2D eigenvalue weighted by Gasteiger charge is -2.24. The highest BCUT2D eigenvalue weighted by molar-refractivity contribution is 6.04. The van der Waals surface area contributed by atoms with Crippen LogP contribution in [0.2, 0.25) is 0 Å². The second kappa shape index (κ2) is 10.0. The first-order valence-electron chi connectivity index (χ1n) is 10.5. The van der Waals surface area contributed by atoms with Crippen molar-refractivity contribution in [2.75, 3.05) is 25.0 Å². The molecule has 184 valence electrons. The largest absolute Gasteiger partial charge is 0.573 e. The quantitative estimate of drug-likeness (QED) is 0.412. The van der Waals surface area contributed by atoms with Gasteiger partial charge < -0.3 is 24.9 Å². The Balaban J connectivity index is 1.34. The van der Waals surface area contributed by atoms with E-state index in [1.54, 1.807) is 28.8 Å². The van der Waals surface area contributed by atoms with Gasteiger partial charge in [0.05, 0.1) is 0 Å². The number of anilines is 1. The van der Waals surface area contributed by atoms with Gasteiger partial charge in [-0.1, -0.05) is 18.2 Å². The number of amides is 1. The molecule has 35 heavy (non-hydrogen) atoms. The highest BCUT2D eigenvalue weighted by Gasteiger charge is 2.31. The van der Waals surface area contributed by atoms with Gasteiger partial charge in [0.2, 0.25) is 0 Å². The summed E-state index contributed by atoms with van der Waals surface area (Å²) in [7, 11) is 0. The van der Waals surface area contributed by atoms with Crippen LogP contribution in [0.5, 0.6) is 11.8 Å². The second-order valence-corrected chi connectivity index (χ2v) is 7.68. The SMILES string of the molecule is O=C(Nc1cccc(OC(F)(F)F)c1)c1ccc(CN2CCOc3nc([N+](=O)[O-])cn3CC2)cc1. The van der Waals surface area contributed by atoms with E-state index in [1.165, 1.54) is 18.3 Å². The van der Waals surface area contributed by atoms with E-state index < -0.39 is 22.9 Å². The van der Waals surface area contributed by atoms with Crippen LogP contribution < -0.4 is 14.8 Å². The minimum Gasteiger partial charge on any atom is -0.444 e. The second-order valence-electron chi connectivity index (χ2n) is 7.68. The van der Waals surface area contributed by atoms with Gasteiger partial charge in [-0.05, 0) is 34.8 Å². The lowest BCUT2D eigenvalue weighted by atomic mass is 10.1. The number of nitrogens with zero attached hydrogens (tertiary/aromatic N) is 4. The molecule has 4 rings (SSSR count). The molecule has 10 nitrogen and oxygen atoms in total. The summed E-state index contributed by atoms with van der Waals surface area (Å²) in [5.74, 6) is -1.17. The van der Waals surface area contributed by atoms with Gasteiger partial charge in [-0.15, -0.1) is 13.2 Å². The first kappa shape index (κ1) is 24.0. The Bertz CT molecular complexity index is 1210. The molecule has 0 aliphatic carbocycles. The van der Waals surface area contributed by atoms with E-state index in [2.05, 4.69) is 19.9 Å². The van der Waals surface area contributed by atoms with Gasteiger partial charge in [0.25, 0.3) is 5.91 Å². The summed E-state index contributed by atoms with van der Waals surface area (Å²) in [6.07, 6.45) is -3.48. The molecule has 2 heterocycles. The zero-order valence-electron chi connectivity index (χ0n) is 18.2. The summed E-state index contributed by atoms with van der Waals surface area (Å²) in [5.41, 5.74) is 1.43. The Morgan fingerprint density at radius 3 is 2.66 bits per heavy atom. The third kappa shape index (κ3) is 6.47. The average Bonchev–Trinajstić information content (AvgIpc) is 3.18. The van der Waals surface area contributed by atoms with Crippen LogP contribution in [0.3, 0.4) is 0 Å². The fourth-order valence-corrected chi connectivity index (χ4v) is 3.53. The number of benzene rings is 2. The lowest BCUT2D eigenvalue weighted by molar-refractivity contribution is -0.389. The average molecular weight is 491 g/mol. The first-order chi connectivity index (χ1) is 16.7. The van der Waals surface area contributed by atoms with Crippen LogP contribution in [0, 0.1) is 10.1 Å². The summed E-state index contributed by atoms with van der Waals surface area (Å²) in [5, 5.41) is 13.5. The minimum absolute atomic E-state index is 0.167. The number of alkyl halides is 3. The Morgan fingerprint density at radius 1 is 1.17 bits per heavy atom. The molecule has 0 saturated carbocycles. The summed E-state index contributed by atoms with van der Waals surface area (Å²) in [6, 6.07) is 12.1. The third-order valence-electron chi connectivity index (χ3n) is 5.16. The van der Waals surface area contributed by atoms with E-state index in [0.717, 1.165) is 17.7 Å². The Hall–Kier alpha value is -4.13. The molecule has 0 atom stereocenters. The zero-order valence-corrected chi connectivity index (χ0v) is 18.2. The standard InChI is InChI=1S/C22H20F3N5O5/c23-22(24,25)35-18-3-1-2-17(12-18)26-20(31)16-6-4-15(5-7-16)13-28-8-9-29-14-19(30(32)33)27-21(29)34-11-10-28/h1-7,12,14H,8-11,13H2,(H,26,31). The van der Waals surface area contributed by atoms with Gasteiger partial charge in [-0.2, -0.15) is 0 Å². The van der Waals surface area contributed by atoms with E-state index in [0.29, 0.717) is 38.3 Å². The summed E-state index contributed by atoms with van der Waals surface area (Å²) < 4.78 is 48.2. The number of rotatable bonds is 6. The number of carbonyl (C=O) groups is 1. The molecule has 0 radical (unpaired) electrons. The molecule has 3 aromatic rings. The summed E-state index contributed by atoms with van der Waals surface area (Å²) in [4.78, 5) is 28.8. The Morgan fingerprint density at radius 2 is 1.94 bits per heavy atom. The molecule has 0 saturated heterocycles. The van der Waals surface area contributed by atoms with Gasteiger partial charge in [0, 0.05) is 48.5 Å². The number of halogens is 3. The number of nitrogens with one attached hydrogen (secondary N) is 1. The van der Waals surface area contributed by atoms with Gasteiger partial charge in [0.15, 0.2) is 0 Å². The molecule has 1 amide bonds. The predicted octanol–water partition coefficient (Wildman–Crippen LogP) is 3.84. The van der Waals surface area contributed by atoms with Crippen molar-refractivity contribution in [2.45, 2.75) is 19.5 Å². The molecular formula is C22H20F3N5O5. The molecule has 1 N–H and O–H groups in total. The van der Waals surface area contributed by atoms with E-state index in [9.17, 15) is 28.1 Å². The van der Waals surface area contributed by atoms with Gasteiger partial charge in [0.1, 0.15) is 18.6 Å². The van der Waals surface area contributed by atoms with Gasteiger partial charge in [-0.25, -0.2) is 0 Å². The Kier molecular flexibility index (Phi) is 6.87. The number of hydrogen-bond donors (Lipinski definition) is 1. The van der Waals surface area contributed by atoms with Crippen LogP contribution in [0.1, 0.15) is 15.9 Å². The zero-order chi connectivity index (χ0) is 25.0. The van der Waals surface area contributed by atoms with Crippen molar-refractivity contribution in [3.63, 3.8) is 0 Å². The van der Waals surface area contributed by atoms with Crippen LogP contribution in [-0.4, -0.2) is 51.3 Å². The van der Waals surface area contributed by atoms with Crippen LogP contribution >= 0.6 is 0 Å². The highest BCUT2D eigenvalue weighted by Crippen LogP contribution is 2.25. The predicted molar refractivity (Wildman–Crippen MR) is 117 cm³/mol. The number of hydrogen-bond acceptors (Lipinski definition) is 7. The first-order valence-corrected chi connectivity index (χ1v) is 10.5. The van der Waals surface area contributed by atoms with Crippen molar-refractivity contribution < 1.29 is 32.4 Å². The maximum absolute atomic E-state index is 12.5. The van der Waals surface area contributed by atoms with Gasteiger partial charge >= 0.3 is 18.2 Å². The van der Waals surface area contributed by atoms with Crippen LogP contribution in [-0.2, 0) is 13.1 Å². The summed E-state index contributed by atoms with van der Waals surface area (Å²) in [6.45, 7) is 2.54. The minimum atomic E-state index is -4.82. The van der Waals surface area contributed by atoms with E-state index in [-0.39, 0.29) is 17.5 Å². The van der Waals surface area contributed by atoms with E-state index in [1.807, 2.05) is 0 Å². The van der Waals surface area contributed by atoms with E-state index >= 15 is 0 Å². The molecular weight excluding hydrogens is 471 g/mol. The van der Waals surface area contributed by atoms with Crippen molar-refractivity contribution >= 4 is 17.4 Å². The van der Waals surface area contributed by atoms with Crippen LogP contribution in [0.25, 0.3) is 0 Å². The molecule has 0 unspecified atom stereocenters. The topological polar surface area (TPSA) is 112 Å². The molecule has 0 bridgehead atoms. The third-order valence-corrected chi connectivity index (χ3v) is 5.16. The van der Waals surface area contributed by atoms with Gasteiger partial charge in [-0.3, -0.25) is 14.3 Å². The Labute approximate surface area is 197 Å². The fraction of sp³-hybridized carbons (Fsp3) is 0.273. The molecule has 1 aromatic heterocycles. The van der Waals surface area contributed by atoms with Crippen molar-refractivity contribution in [3.8, 4) is 11.8 Å². The number of ether oxygens (including phenoxy) is 2. The molecule has 0 fully saturated rings. The maximum Gasteiger partial charge on any atom is 0.573 e. The van der Waals surface area contributed by atoms with Crippen LogP contribution in [0.4, 0.5) is 24.7 Å². The van der Waals surface area contributed by atoms with Crippen LogP contribution in [0.15, 0.2) is 54.7 Å². The van der Waals surface area contributed by atoms with Crippen molar-refractivity contribution in [1.29, 1.82) is 0 Å². The van der Waals surface area contributed by atoms with Crippen molar-refractivity contribution in [2.24, 2.45) is 0 Å². The fourth-order valence-electron chi connectivity index (χ4n) is 3.53. The van der Waals surface area contributed by atoms with Crippen molar-refractivity contribution in [3.05, 3.63) is 76.0 Å². The van der Waals surface area contributed by atoms with E-state index in [4.69, 9.17) is 4.74 Å². The maximum atomic E-state index is 12.5. The van der Waals surface area contributed by atoms with Crippen molar-refractivity contribution in [1.82, 2.24) is 14.5 Å². The monoisotopic (exact) mass is 491 g/mol. The molecule has 2 aromatic carbocycles. The number of carbonyl (C=O) groups excluding carboxylic acids is 1. The molecule has 1 aliphatic rings. The number of nitro groups is 1. The number of imidazole rings is 1. The summed E-state index contributed by atoms with van der Waals surface area (Å²) >= 11 is 0. The normalized spacial score (nSPS) is 14.3. The smallest absolute Gasteiger partial charge is 0.444 e. The highest BCUT2D eigenvalue weighted by atomic mass is 19.4. The molecule has 1 aliphatic heterocycles. The number of fused-ring (bicyclic) bond motifs is 1. The number of aromatic nitrogens is 2. The lowest BCUT2D eigenvalue weighted by Crippen LogP contribution is -2.33. The molecule has 0 spiro atoms. The molecule has 13 heteroatoms.